The average Bonchev–Trinajstić information content (AvgIpc) is 2.50. The minimum atomic E-state index is -0.440. The van der Waals surface area contributed by atoms with Gasteiger partial charge in [0, 0.05) is 25.1 Å². The molecule has 1 aromatic carbocycles. The number of fused-ring (bicyclic) bond motifs is 1. The van der Waals surface area contributed by atoms with Crippen LogP contribution in [0.2, 0.25) is 0 Å². The Morgan fingerprint density at radius 3 is 2.86 bits per heavy atom. The molecule has 1 aromatic heterocycles. The Balaban J connectivity index is 1.85. The van der Waals surface area contributed by atoms with Crippen LogP contribution in [0.3, 0.4) is 0 Å². The summed E-state index contributed by atoms with van der Waals surface area (Å²) < 4.78 is 15.6. The first-order chi connectivity index (χ1) is 10.6. The number of carbonyl (C=O) groups is 1. The molecule has 3 rings (SSSR count). The molecule has 1 unspecified atom stereocenters. The number of nitrogens with zero attached hydrogens (tertiary/aromatic N) is 1. The molecule has 22 heavy (non-hydrogen) atoms. The van der Waals surface area contributed by atoms with Gasteiger partial charge in [-0.2, -0.15) is 0 Å². The highest BCUT2D eigenvalue weighted by Gasteiger charge is 2.21. The van der Waals surface area contributed by atoms with Crippen LogP contribution < -0.4 is 5.56 Å². The fourth-order valence-electron chi connectivity index (χ4n) is 3.11. The third kappa shape index (κ3) is 3.00. The zero-order valence-electron chi connectivity index (χ0n) is 12.1. The van der Waals surface area contributed by atoms with Gasteiger partial charge in [0.05, 0.1) is 9.86 Å². The molecule has 0 saturated heterocycles. The number of carbonyl (C=O) groups excluding carboxylic acids is 1. The van der Waals surface area contributed by atoms with Crippen molar-refractivity contribution in [2.75, 3.05) is 0 Å². The molecule has 1 saturated carbocycles. The summed E-state index contributed by atoms with van der Waals surface area (Å²) in [7, 11) is 0. The number of pyridine rings is 1. The number of hydrogen-bond acceptors (Lipinski definition) is 2. The topological polar surface area (TPSA) is 39.1 Å². The van der Waals surface area contributed by atoms with Crippen LogP contribution in [-0.4, -0.2) is 10.4 Å². The molecule has 0 radical (unpaired) electrons. The third-order valence-electron chi connectivity index (χ3n) is 4.42. The summed E-state index contributed by atoms with van der Waals surface area (Å²) in [6.07, 6.45) is 6.06. The fourth-order valence-corrected chi connectivity index (χ4v) is 3.47. The molecule has 0 amide bonds. The second-order valence-corrected chi connectivity index (χ2v) is 6.72. The standard InChI is InChI=1S/C17H17BrFNO2/c18-14-9-12-6-8-20(17(22)13(12)10-15(14)19)7-5-11-3-1-2-4-16(11)21/h6,8-11H,1-5,7H2. The Morgan fingerprint density at radius 1 is 1.27 bits per heavy atom. The van der Waals surface area contributed by atoms with Gasteiger partial charge in [-0.15, -0.1) is 0 Å². The normalized spacial score (nSPS) is 18.8. The van der Waals surface area contributed by atoms with Crippen molar-refractivity contribution in [3.05, 3.63) is 45.0 Å². The minimum Gasteiger partial charge on any atom is -0.315 e. The first-order valence-corrected chi connectivity index (χ1v) is 8.36. The quantitative estimate of drug-likeness (QED) is 0.822. The SMILES string of the molecule is O=C1CCCCC1CCn1ccc2cc(Br)c(F)cc2c1=O. The molecule has 1 aliphatic carbocycles. The van der Waals surface area contributed by atoms with Crippen molar-refractivity contribution in [2.24, 2.45) is 5.92 Å². The largest absolute Gasteiger partial charge is 0.315 e. The van der Waals surface area contributed by atoms with Gasteiger partial charge in [-0.05, 0) is 58.8 Å². The first kappa shape index (κ1) is 15.4. The van der Waals surface area contributed by atoms with E-state index in [-0.39, 0.29) is 11.5 Å². The van der Waals surface area contributed by atoms with Crippen molar-refractivity contribution < 1.29 is 9.18 Å². The molecule has 1 aliphatic rings. The minimum absolute atomic E-state index is 0.0676. The van der Waals surface area contributed by atoms with Crippen LogP contribution >= 0.6 is 15.9 Å². The van der Waals surface area contributed by atoms with Crippen LogP contribution in [-0.2, 0) is 11.3 Å². The summed E-state index contributed by atoms with van der Waals surface area (Å²) in [5.74, 6) is -0.0575. The van der Waals surface area contributed by atoms with E-state index >= 15 is 0 Å². The molecular formula is C17H17BrFNO2. The zero-order chi connectivity index (χ0) is 15.7. The highest BCUT2D eigenvalue weighted by atomic mass is 79.9. The van der Waals surface area contributed by atoms with E-state index in [0.29, 0.717) is 40.4 Å². The Morgan fingerprint density at radius 2 is 2.09 bits per heavy atom. The Kier molecular flexibility index (Phi) is 4.43. The third-order valence-corrected chi connectivity index (χ3v) is 5.03. The predicted octanol–water partition coefficient (Wildman–Crippen LogP) is 4.05. The molecule has 0 bridgehead atoms. The lowest BCUT2D eigenvalue weighted by Crippen LogP contribution is -2.25. The molecule has 1 heterocycles. The van der Waals surface area contributed by atoms with Gasteiger partial charge in [0.1, 0.15) is 11.6 Å². The highest BCUT2D eigenvalue weighted by Crippen LogP contribution is 2.24. The lowest BCUT2D eigenvalue weighted by atomic mass is 9.86. The fraction of sp³-hybridized carbons (Fsp3) is 0.412. The van der Waals surface area contributed by atoms with E-state index in [9.17, 15) is 14.0 Å². The van der Waals surface area contributed by atoms with Crippen LogP contribution in [0, 0.1) is 11.7 Å². The molecular weight excluding hydrogens is 349 g/mol. The number of benzene rings is 1. The van der Waals surface area contributed by atoms with Crippen LogP contribution in [0.5, 0.6) is 0 Å². The number of hydrogen-bond donors (Lipinski definition) is 0. The Hall–Kier alpha value is -1.49. The van der Waals surface area contributed by atoms with Crippen molar-refractivity contribution in [1.82, 2.24) is 4.57 Å². The van der Waals surface area contributed by atoms with Crippen molar-refractivity contribution in [3.8, 4) is 0 Å². The lowest BCUT2D eigenvalue weighted by Gasteiger charge is -2.20. The number of aryl methyl sites for hydroxylation is 1. The van der Waals surface area contributed by atoms with Crippen LogP contribution in [0.4, 0.5) is 4.39 Å². The summed E-state index contributed by atoms with van der Waals surface area (Å²) in [5, 5.41) is 1.08. The molecule has 5 heteroatoms. The van der Waals surface area contributed by atoms with Crippen molar-refractivity contribution in [1.29, 1.82) is 0 Å². The van der Waals surface area contributed by atoms with E-state index in [4.69, 9.17) is 0 Å². The van der Waals surface area contributed by atoms with Crippen LogP contribution in [0.25, 0.3) is 10.8 Å². The summed E-state index contributed by atoms with van der Waals surface area (Å²) in [4.78, 5) is 24.3. The van der Waals surface area contributed by atoms with E-state index in [2.05, 4.69) is 15.9 Å². The second-order valence-electron chi connectivity index (χ2n) is 5.87. The number of rotatable bonds is 3. The maximum absolute atomic E-state index is 13.6. The molecule has 0 N–H and O–H groups in total. The van der Waals surface area contributed by atoms with E-state index < -0.39 is 5.82 Å². The number of ketones is 1. The average molecular weight is 366 g/mol. The van der Waals surface area contributed by atoms with Gasteiger partial charge in [0.15, 0.2) is 0 Å². The Labute approximate surface area is 136 Å². The van der Waals surface area contributed by atoms with E-state index in [0.717, 1.165) is 19.3 Å². The summed E-state index contributed by atoms with van der Waals surface area (Å²) in [6.45, 7) is 0.503. The number of aromatic nitrogens is 1. The monoisotopic (exact) mass is 365 g/mol. The molecule has 1 atom stereocenters. The van der Waals surface area contributed by atoms with E-state index in [1.54, 1.807) is 16.8 Å². The maximum atomic E-state index is 13.6. The van der Waals surface area contributed by atoms with E-state index in [1.807, 2.05) is 6.07 Å². The molecule has 0 spiro atoms. The van der Waals surface area contributed by atoms with Crippen molar-refractivity contribution in [2.45, 2.75) is 38.6 Å². The predicted molar refractivity (Wildman–Crippen MR) is 87.4 cm³/mol. The molecule has 116 valence electrons. The zero-order valence-corrected chi connectivity index (χ0v) is 13.7. The molecule has 2 aromatic rings. The Bertz CT molecular complexity index is 784. The van der Waals surface area contributed by atoms with Crippen molar-refractivity contribution in [3.63, 3.8) is 0 Å². The smallest absolute Gasteiger partial charge is 0.258 e. The van der Waals surface area contributed by atoms with Gasteiger partial charge >= 0.3 is 0 Å². The summed E-state index contributed by atoms with van der Waals surface area (Å²) in [5.41, 5.74) is -0.202. The molecule has 0 aliphatic heterocycles. The first-order valence-electron chi connectivity index (χ1n) is 7.57. The van der Waals surface area contributed by atoms with Gasteiger partial charge in [-0.25, -0.2) is 4.39 Å². The van der Waals surface area contributed by atoms with Crippen LogP contribution in [0.15, 0.2) is 33.7 Å². The van der Waals surface area contributed by atoms with Gasteiger partial charge < -0.3 is 4.57 Å². The van der Waals surface area contributed by atoms with Gasteiger partial charge in [0.25, 0.3) is 5.56 Å². The van der Waals surface area contributed by atoms with Gasteiger partial charge in [-0.3, -0.25) is 9.59 Å². The van der Waals surface area contributed by atoms with Crippen LogP contribution in [0.1, 0.15) is 32.1 Å². The van der Waals surface area contributed by atoms with E-state index in [1.165, 1.54) is 6.07 Å². The van der Waals surface area contributed by atoms with Crippen molar-refractivity contribution >= 4 is 32.5 Å². The number of Topliss-reactive ketones (excluding diaryl/α,β-unsaturated/α-hetero) is 1. The lowest BCUT2D eigenvalue weighted by molar-refractivity contribution is -0.124. The molecule has 1 fully saturated rings. The second kappa shape index (κ2) is 6.32. The molecule has 3 nitrogen and oxygen atoms in total. The summed E-state index contributed by atoms with van der Waals surface area (Å²) in [6, 6.07) is 4.69. The summed E-state index contributed by atoms with van der Waals surface area (Å²) >= 11 is 3.13. The van der Waals surface area contributed by atoms with Gasteiger partial charge in [0.2, 0.25) is 0 Å². The number of halogens is 2. The maximum Gasteiger partial charge on any atom is 0.258 e. The van der Waals surface area contributed by atoms with Gasteiger partial charge in [-0.1, -0.05) is 6.42 Å². The highest BCUT2D eigenvalue weighted by molar-refractivity contribution is 9.10.